The van der Waals surface area contributed by atoms with E-state index in [1.54, 1.807) is 18.2 Å². The number of benzene rings is 1. The summed E-state index contributed by atoms with van der Waals surface area (Å²) in [6.45, 7) is 2.20. The Balaban J connectivity index is 2.13. The second kappa shape index (κ2) is 5.44. The maximum absolute atomic E-state index is 13.4. The highest BCUT2D eigenvalue weighted by molar-refractivity contribution is 5.34. The molecule has 18 heavy (non-hydrogen) atoms. The van der Waals surface area contributed by atoms with Gasteiger partial charge < -0.3 is 10.3 Å². The lowest BCUT2D eigenvalue weighted by Crippen LogP contribution is -2.13. The van der Waals surface area contributed by atoms with Gasteiger partial charge in [0.15, 0.2) is 0 Å². The lowest BCUT2D eigenvalue weighted by Gasteiger charge is -2.07. The predicted molar refractivity (Wildman–Crippen MR) is 68.0 cm³/mol. The van der Waals surface area contributed by atoms with Gasteiger partial charge in [-0.25, -0.2) is 9.37 Å². The first kappa shape index (κ1) is 12.3. The van der Waals surface area contributed by atoms with Crippen LogP contribution in [0.15, 0.2) is 35.1 Å². The molecule has 0 saturated heterocycles. The van der Waals surface area contributed by atoms with Crippen molar-refractivity contribution < 1.29 is 4.39 Å². The normalized spacial score (nSPS) is 10.3. The largest absolute Gasteiger partial charge is 0.366 e. The van der Waals surface area contributed by atoms with Crippen LogP contribution in [-0.2, 0) is 13.0 Å². The molecule has 0 amide bonds. The molecule has 2 rings (SSSR count). The number of nitrogens with zero attached hydrogens (tertiary/aromatic N) is 1. The zero-order valence-electron chi connectivity index (χ0n) is 10.0. The second-order valence-corrected chi connectivity index (χ2v) is 3.88. The van der Waals surface area contributed by atoms with Crippen molar-refractivity contribution in [1.82, 2.24) is 9.97 Å². The van der Waals surface area contributed by atoms with Gasteiger partial charge in [-0.3, -0.25) is 4.79 Å². The SMILES string of the molecule is CCc1nc(NCc2ccccc2F)cc(=O)[nH]1. The van der Waals surface area contributed by atoms with Gasteiger partial charge in [-0.15, -0.1) is 0 Å². The Labute approximate surface area is 104 Å². The average molecular weight is 247 g/mol. The predicted octanol–water partition coefficient (Wildman–Crippen LogP) is 2.08. The number of nitrogens with one attached hydrogen (secondary N) is 2. The number of aromatic amines is 1. The summed E-state index contributed by atoms with van der Waals surface area (Å²) in [5.41, 5.74) is 0.329. The molecule has 0 spiro atoms. The number of aromatic nitrogens is 2. The van der Waals surface area contributed by atoms with E-state index >= 15 is 0 Å². The van der Waals surface area contributed by atoms with Crippen LogP contribution in [0.25, 0.3) is 0 Å². The highest BCUT2D eigenvalue weighted by atomic mass is 19.1. The number of aryl methyl sites for hydroxylation is 1. The minimum absolute atomic E-state index is 0.210. The summed E-state index contributed by atoms with van der Waals surface area (Å²) in [6.07, 6.45) is 0.643. The molecule has 5 heteroatoms. The molecule has 1 aromatic heterocycles. The summed E-state index contributed by atoms with van der Waals surface area (Å²) in [4.78, 5) is 18.2. The summed E-state index contributed by atoms with van der Waals surface area (Å²) in [6, 6.07) is 7.86. The van der Waals surface area contributed by atoms with Gasteiger partial charge in [0.05, 0.1) is 0 Å². The third kappa shape index (κ3) is 2.94. The maximum atomic E-state index is 13.4. The van der Waals surface area contributed by atoms with Crippen LogP contribution >= 0.6 is 0 Å². The van der Waals surface area contributed by atoms with Crippen LogP contribution in [0, 0.1) is 5.82 Å². The Morgan fingerprint density at radius 3 is 2.89 bits per heavy atom. The van der Waals surface area contributed by atoms with Crippen molar-refractivity contribution in [3.8, 4) is 0 Å². The van der Waals surface area contributed by atoms with E-state index in [2.05, 4.69) is 15.3 Å². The van der Waals surface area contributed by atoms with Gasteiger partial charge in [-0.05, 0) is 6.07 Å². The van der Waals surface area contributed by atoms with Gasteiger partial charge in [0.25, 0.3) is 5.56 Å². The summed E-state index contributed by atoms with van der Waals surface area (Å²) in [5, 5.41) is 2.95. The number of rotatable bonds is 4. The summed E-state index contributed by atoms with van der Waals surface area (Å²) < 4.78 is 13.4. The number of anilines is 1. The molecule has 2 N–H and O–H groups in total. The topological polar surface area (TPSA) is 57.8 Å². The molecule has 94 valence electrons. The first-order chi connectivity index (χ1) is 8.69. The Morgan fingerprint density at radius 1 is 1.39 bits per heavy atom. The van der Waals surface area contributed by atoms with Gasteiger partial charge >= 0.3 is 0 Å². The van der Waals surface area contributed by atoms with Gasteiger partial charge in [-0.1, -0.05) is 25.1 Å². The summed E-state index contributed by atoms with van der Waals surface area (Å²) in [7, 11) is 0. The Kier molecular flexibility index (Phi) is 3.72. The van der Waals surface area contributed by atoms with Gasteiger partial charge in [0, 0.05) is 24.6 Å². The Hall–Kier alpha value is -2.17. The molecule has 0 unspecified atom stereocenters. The van der Waals surface area contributed by atoms with E-state index in [0.29, 0.717) is 30.2 Å². The monoisotopic (exact) mass is 247 g/mol. The maximum Gasteiger partial charge on any atom is 0.252 e. The van der Waals surface area contributed by atoms with E-state index in [1.807, 2.05) is 6.92 Å². The molecule has 1 aromatic carbocycles. The fourth-order valence-electron chi connectivity index (χ4n) is 1.59. The van der Waals surface area contributed by atoms with Crippen molar-refractivity contribution in [2.24, 2.45) is 0 Å². The molecular weight excluding hydrogens is 233 g/mol. The van der Waals surface area contributed by atoms with Gasteiger partial charge in [-0.2, -0.15) is 0 Å². The molecule has 0 aliphatic carbocycles. The van der Waals surface area contributed by atoms with Crippen molar-refractivity contribution in [2.75, 3.05) is 5.32 Å². The quantitative estimate of drug-likeness (QED) is 0.869. The van der Waals surface area contributed by atoms with Crippen molar-refractivity contribution in [1.29, 1.82) is 0 Å². The highest BCUT2D eigenvalue weighted by Gasteiger charge is 2.02. The molecular formula is C13H14FN3O. The molecule has 0 radical (unpaired) electrons. The van der Waals surface area contributed by atoms with Crippen molar-refractivity contribution in [3.05, 3.63) is 57.9 Å². The third-order valence-corrected chi connectivity index (χ3v) is 2.54. The molecule has 4 nitrogen and oxygen atoms in total. The molecule has 0 aliphatic heterocycles. The van der Waals surface area contributed by atoms with Crippen LogP contribution in [0.5, 0.6) is 0 Å². The second-order valence-electron chi connectivity index (χ2n) is 3.88. The van der Waals surface area contributed by atoms with Crippen LogP contribution in [0.1, 0.15) is 18.3 Å². The number of H-pyrrole nitrogens is 1. The zero-order chi connectivity index (χ0) is 13.0. The Morgan fingerprint density at radius 2 is 2.17 bits per heavy atom. The van der Waals surface area contributed by atoms with Gasteiger partial charge in [0.2, 0.25) is 0 Å². The minimum atomic E-state index is -0.273. The molecule has 0 atom stereocenters. The number of halogens is 1. The molecule has 0 bridgehead atoms. The van der Waals surface area contributed by atoms with Crippen LogP contribution in [-0.4, -0.2) is 9.97 Å². The zero-order valence-corrected chi connectivity index (χ0v) is 10.0. The molecule has 0 fully saturated rings. The minimum Gasteiger partial charge on any atom is -0.366 e. The van der Waals surface area contributed by atoms with Crippen molar-refractivity contribution in [2.45, 2.75) is 19.9 Å². The summed E-state index contributed by atoms with van der Waals surface area (Å²) >= 11 is 0. The fourth-order valence-corrected chi connectivity index (χ4v) is 1.59. The van der Waals surface area contributed by atoms with Gasteiger partial charge in [0.1, 0.15) is 17.5 Å². The van der Waals surface area contributed by atoms with E-state index < -0.39 is 0 Å². The van der Waals surface area contributed by atoms with Crippen LogP contribution < -0.4 is 10.9 Å². The van der Waals surface area contributed by atoms with E-state index in [1.165, 1.54) is 12.1 Å². The first-order valence-corrected chi connectivity index (χ1v) is 5.76. The standard InChI is InChI=1S/C13H14FN3O/c1-2-11-16-12(7-13(18)17-11)15-8-9-5-3-4-6-10(9)14/h3-7H,2,8H2,1H3,(H2,15,16,17,18). The third-order valence-electron chi connectivity index (χ3n) is 2.54. The van der Waals surface area contributed by atoms with E-state index in [9.17, 15) is 9.18 Å². The number of hydrogen-bond donors (Lipinski definition) is 2. The van der Waals surface area contributed by atoms with Crippen molar-refractivity contribution >= 4 is 5.82 Å². The van der Waals surface area contributed by atoms with Crippen LogP contribution in [0.3, 0.4) is 0 Å². The van der Waals surface area contributed by atoms with E-state index in [0.717, 1.165) is 0 Å². The highest BCUT2D eigenvalue weighted by Crippen LogP contribution is 2.08. The molecule has 0 saturated carbocycles. The lowest BCUT2D eigenvalue weighted by atomic mass is 10.2. The van der Waals surface area contributed by atoms with Crippen molar-refractivity contribution in [3.63, 3.8) is 0 Å². The van der Waals surface area contributed by atoms with Crippen LogP contribution in [0.2, 0.25) is 0 Å². The van der Waals surface area contributed by atoms with E-state index in [-0.39, 0.29) is 11.4 Å². The smallest absolute Gasteiger partial charge is 0.252 e. The molecule has 2 aromatic rings. The Bertz CT molecular complexity index is 595. The number of hydrogen-bond acceptors (Lipinski definition) is 3. The van der Waals surface area contributed by atoms with Crippen LogP contribution in [0.4, 0.5) is 10.2 Å². The van der Waals surface area contributed by atoms with E-state index in [4.69, 9.17) is 0 Å². The molecule has 1 heterocycles. The fraction of sp³-hybridized carbons (Fsp3) is 0.231. The average Bonchev–Trinajstić information content (AvgIpc) is 2.37. The molecule has 0 aliphatic rings. The first-order valence-electron chi connectivity index (χ1n) is 5.76. The lowest BCUT2D eigenvalue weighted by molar-refractivity contribution is 0.613. The summed E-state index contributed by atoms with van der Waals surface area (Å²) in [5.74, 6) is 0.794.